The second-order valence-electron chi connectivity index (χ2n) is 7.47. The van der Waals surface area contributed by atoms with Crippen molar-refractivity contribution in [1.29, 1.82) is 0 Å². The van der Waals surface area contributed by atoms with E-state index in [0.717, 1.165) is 0 Å². The van der Waals surface area contributed by atoms with Crippen molar-refractivity contribution in [1.82, 2.24) is 4.90 Å². The van der Waals surface area contributed by atoms with Crippen LogP contribution >= 0.6 is 11.6 Å². The van der Waals surface area contributed by atoms with Crippen LogP contribution in [-0.2, 0) is 4.74 Å². The van der Waals surface area contributed by atoms with E-state index < -0.39 is 11.2 Å². The molecule has 24 heavy (non-hydrogen) atoms. The number of nitrogens with zero attached hydrogens (tertiary/aromatic N) is 1. The first-order valence-electron chi connectivity index (χ1n) is 8.18. The fraction of sp³-hybridized carbons (Fsp3) is 0.556. The van der Waals surface area contributed by atoms with E-state index in [0.29, 0.717) is 48.7 Å². The Balaban J connectivity index is 1.71. The minimum Gasteiger partial charge on any atom is -0.484 e. The number of amides is 1. The van der Waals surface area contributed by atoms with Crippen molar-refractivity contribution in [3.63, 3.8) is 0 Å². The van der Waals surface area contributed by atoms with Crippen LogP contribution in [0.5, 0.6) is 5.75 Å². The van der Waals surface area contributed by atoms with Gasteiger partial charge in [0, 0.05) is 25.9 Å². The third-order valence-electron chi connectivity index (χ3n) is 4.40. The molecule has 0 N–H and O–H groups in total. The predicted octanol–water partition coefficient (Wildman–Crippen LogP) is 4.07. The highest BCUT2D eigenvalue weighted by Crippen LogP contribution is 2.42. The number of halogens is 1. The number of para-hydroxylation sites is 1. The smallest absolute Gasteiger partial charge is 0.410 e. The van der Waals surface area contributed by atoms with Crippen molar-refractivity contribution < 1.29 is 19.1 Å². The summed E-state index contributed by atoms with van der Waals surface area (Å²) in [5.41, 5.74) is -0.550. The molecule has 0 radical (unpaired) electrons. The zero-order valence-electron chi connectivity index (χ0n) is 14.2. The summed E-state index contributed by atoms with van der Waals surface area (Å²) in [6.45, 7) is 6.54. The normalized spacial score (nSPS) is 19.7. The van der Waals surface area contributed by atoms with E-state index >= 15 is 0 Å². The number of piperidine rings is 1. The van der Waals surface area contributed by atoms with Crippen molar-refractivity contribution in [2.45, 2.75) is 51.2 Å². The Kier molecular flexibility index (Phi) is 4.24. The van der Waals surface area contributed by atoms with E-state index in [1.807, 2.05) is 20.8 Å². The fourth-order valence-corrected chi connectivity index (χ4v) is 3.39. The minimum atomic E-state index is -0.576. The number of likely N-dealkylation sites (tertiary alicyclic amines) is 1. The summed E-state index contributed by atoms with van der Waals surface area (Å²) in [5.74, 6) is 0.519. The van der Waals surface area contributed by atoms with E-state index in [4.69, 9.17) is 21.1 Å². The molecule has 1 aromatic carbocycles. The van der Waals surface area contributed by atoms with Crippen LogP contribution in [0.1, 0.15) is 50.4 Å². The third kappa shape index (κ3) is 3.36. The second kappa shape index (κ2) is 5.96. The van der Waals surface area contributed by atoms with E-state index in [2.05, 4.69) is 0 Å². The third-order valence-corrected chi connectivity index (χ3v) is 4.69. The fourth-order valence-electron chi connectivity index (χ4n) is 3.17. The molecule has 1 saturated heterocycles. The molecule has 1 spiro atoms. The second-order valence-corrected chi connectivity index (χ2v) is 7.88. The van der Waals surface area contributed by atoms with Crippen LogP contribution in [0.2, 0.25) is 5.02 Å². The van der Waals surface area contributed by atoms with Gasteiger partial charge >= 0.3 is 6.09 Å². The number of ketones is 1. The SMILES string of the molecule is CC(C)(C)OC(=O)N1CCC2(CC1)CC(=O)c1cccc(Cl)c1O2. The van der Waals surface area contributed by atoms with Gasteiger partial charge < -0.3 is 14.4 Å². The Bertz CT molecular complexity index is 672. The molecule has 6 heteroatoms. The van der Waals surface area contributed by atoms with E-state index in [1.165, 1.54) is 0 Å². The molecule has 2 heterocycles. The number of hydrogen-bond donors (Lipinski definition) is 0. The molecular formula is C18H22ClNO4. The maximum Gasteiger partial charge on any atom is 0.410 e. The van der Waals surface area contributed by atoms with Gasteiger partial charge in [-0.05, 0) is 32.9 Å². The average molecular weight is 352 g/mol. The quantitative estimate of drug-likeness (QED) is 0.706. The molecule has 2 aliphatic rings. The molecule has 1 fully saturated rings. The van der Waals surface area contributed by atoms with E-state index in [1.54, 1.807) is 23.1 Å². The Morgan fingerprint density at radius 3 is 2.58 bits per heavy atom. The molecule has 0 saturated carbocycles. The van der Waals surface area contributed by atoms with Crippen LogP contribution in [0.15, 0.2) is 18.2 Å². The van der Waals surface area contributed by atoms with Crippen molar-refractivity contribution in [3.05, 3.63) is 28.8 Å². The van der Waals surface area contributed by atoms with Gasteiger partial charge in [0.15, 0.2) is 5.78 Å². The molecule has 0 aliphatic carbocycles. The zero-order valence-corrected chi connectivity index (χ0v) is 15.0. The number of fused-ring (bicyclic) bond motifs is 1. The summed E-state index contributed by atoms with van der Waals surface area (Å²) < 4.78 is 11.6. The largest absolute Gasteiger partial charge is 0.484 e. The summed E-state index contributed by atoms with van der Waals surface area (Å²) >= 11 is 6.20. The van der Waals surface area contributed by atoms with Crippen LogP contribution in [0.25, 0.3) is 0 Å². The molecular weight excluding hydrogens is 330 g/mol. The van der Waals surface area contributed by atoms with Crippen LogP contribution in [0.4, 0.5) is 4.79 Å². The number of carbonyl (C=O) groups excluding carboxylic acids is 2. The number of hydrogen-bond acceptors (Lipinski definition) is 4. The highest BCUT2D eigenvalue weighted by atomic mass is 35.5. The predicted molar refractivity (Wildman–Crippen MR) is 90.8 cm³/mol. The van der Waals surface area contributed by atoms with Gasteiger partial charge in [-0.25, -0.2) is 4.79 Å². The zero-order chi connectivity index (χ0) is 17.5. The summed E-state index contributed by atoms with van der Waals surface area (Å²) in [7, 11) is 0. The average Bonchev–Trinajstić information content (AvgIpc) is 2.47. The molecule has 3 rings (SSSR count). The number of ether oxygens (including phenoxy) is 2. The van der Waals surface area contributed by atoms with Crippen molar-refractivity contribution in [2.24, 2.45) is 0 Å². The standard InChI is InChI=1S/C18H22ClNO4/c1-17(2,3)24-16(22)20-9-7-18(8-10-20)11-14(21)12-5-4-6-13(19)15(12)23-18/h4-6H,7-11H2,1-3H3. The molecule has 0 bridgehead atoms. The molecule has 1 aromatic rings. The van der Waals surface area contributed by atoms with Crippen LogP contribution in [0.3, 0.4) is 0 Å². The topological polar surface area (TPSA) is 55.8 Å². The summed E-state index contributed by atoms with van der Waals surface area (Å²) in [4.78, 5) is 26.3. The van der Waals surface area contributed by atoms with Gasteiger partial charge in [-0.2, -0.15) is 0 Å². The van der Waals surface area contributed by atoms with E-state index in [9.17, 15) is 9.59 Å². The summed E-state index contributed by atoms with van der Waals surface area (Å²) in [6, 6.07) is 5.22. The van der Waals surface area contributed by atoms with Gasteiger partial charge in [0.25, 0.3) is 0 Å². The van der Waals surface area contributed by atoms with Gasteiger partial charge in [-0.15, -0.1) is 0 Å². The maximum atomic E-state index is 12.5. The van der Waals surface area contributed by atoms with Crippen LogP contribution in [-0.4, -0.2) is 41.1 Å². The Morgan fingerprint density at radius 2 is 1.96 bits per heavy atom. The minimum absolute atomic E-state index is 0.0458. The lowest BCUT2D eigenvalue weighted by atomic mass is 9.82. The Labute approximate surface area is 146 Å². The highest BCUT2D eigenvalue weighted by molar-refractivity contribution is 6.32. The first-order chi connectivity index (χ1) is 11.2. The Morgan fingerprint density at radius 1 is 1.29 bits per heavy atom. The molecule has 0 atom stereocenters. The molecule has 2 aliphatic heterocycles. The Hall–Kier alpha value is -1.75. The molecule has 5 nitrogen and oxygen atoms in total. The van der Waals surface area contributed by atoms with Gasteiger partial charge in [-0.3, -0.25) is 4.79 Å². The van der Waals surface area contributed by atoms with Gasteiger partial charge in [0.2, 0.25) is 0 Å². The van der Waals surface area contributed by atoms with Gasteiger partial charge in [0.1, 0.15) is 17.0 Å². The molecule has 1 amide bonds. The molecule has 0 aromatic heterocycles. The van der Waals surface area contributed by atoms with Gasteiger partial charge in [0.05, 0.1) is 17.0 Å². The van der Waals surface area contributed by atoms with Crippen molar-refractivity contribution in [2.75, 3.05) is 13.1 Å². The molecule has 130 valence electrons. The monoisotopic (exact) mass is 351 g/mol. The lowest BCUT2D eigenvalue weighted by Crippen LogP contribution is -2.53. The van der Waals surface area contributed by atoms with Crippen molar-refractivity contribution >= 4 is 23.5 Å². The van der Waals surface area contributed by atoms with Crippen molar-refractivity contribution in [3.8, 4) is 5.75 Å². The first kappa shape index (κ1) is 17.1. The first-order valence-corrected chi connectivity index (χ1v) is 8.56. The van der Waals surface area contributed by atoms with Gasteiger partial charge in [-0.1, -0.05) is 17.7 Å². The van der Waals surface area contributed by atoms with Crippen LogP contribution in [0, 0.1) is 0 Å². The number of carbonyl (C=O) groups is 2. The summed E-state index contributed by atoms with van der Waals surface area (Å²) in [5, 5.41) is 0.453. The lowest BCUT2D eigenvalue weighted by Gasteiger charge is -2.44. The number of rotatable bonds is 0. The molecule has 0 unspecified atom stereocenters. The van der Waals surface area contributed by atoms with Crippen LogP contribution < -0.4 is 4.74 Å². The maximum absolute atomic E-state index is 12.5. The highest BCUT2D eigenvalue weighted by Gasteiger charge is 2.44. The lowest BCUT2D eigenvalue weighted by molar-refractivity contribution is -0.0225. The van der Waals surface area contributed by atoms with E-state index in [-0.39, 0.29) is 11.9 Å². The number of benzene rings is 1. The summed E-state index contributed by atoms with van der Waals surface area (Å²) in [6.07, 6.45) is 1.17. The number of Topliss-reactive ketones (excluding diaryl/α,β-unsaturated/α-hetero) is 1.